The molecule has 0 fully saturated rings. The van der Waals surface area contributed by atoms with Gasteiger partial charge in [0.05, 0.1) is 1.37 Å². The predicted molar refractivity (Wildman–Crippen MR) is 104 cm³/mol. The molecule has 0 nitrogen and oxygen atoms in total. The van der Waals surface area contributed by atoms with Gasteiger partial charge in [-0.25, -0.2) is 0 Å². The van der Waals surface area contributed by atoms with Crippen LogP contribution in [-0.2, 0) is 0 Å². The molecule has 0 heterocycles. The molecular weight excluding hydrogens is 288 g/mol. The molecule has 24 heavy (non-hydrogen) atoms. The Morgan fingerprint density at radius 2 is 1.17 bits per heavy atom. The summed E-state index contributed by atoms with van der Waals surface area (Å²) in [5.74, 6) is 0. The standard InChI is InChI=1S/C24H16/c1-2-8-18-15-21(14-13-17(18)7-1)24-22-11-5-3-9-19(22)16-20-10-4-6-12-23(20)24/h1-16H/i1D. The van der Waals surface area contributed by atoms with Crippen LogP contribution in [0.3, 0.4) is 0 Å². The van der Waals surface area contributed by atoms with Crippen LogP contribution >= 0.6 is 0 Å². The smallest absolute Gasteiger partial charge is 0.0616 e. The number of hydrogen-bond acceptors (Lipinski definition) is 0. The monoisotopic (exact) mass is 305 g/mol. The lowest BCUT2D eigenvalue weighted by Gasteiger charge is -2.13. The summed E-state index contributed by atoms with van der Waals surface area (Å²) >= 11 is 0. The fourth-order valence-electron chi connectivity index (χ4n) is 3.61. The predicted octanol–water partition coefficient (Wildman–Crippen LogP) is 6.81. The van der Waals surface area contributed by atoms with E-state index in [0.717, 1.165) is 5.39 Å². The van der Waals surface area contributed by atoms with Crippen LogP contribution in [0, 0.1) is 0 Å². The van der Waals surface area contributed by atoms with E-state index in [4.69, 9.17) is 1.37 Å². The van der Waals surface area contributed by atoms with E-state index in [1.165, 1.54) is 38.1 Å². The van der Waals surface area contributed by atoms with Crippen molar-refractivity contribution in [2.24, 2.45) is 0 Å². The van der Waals surface area contributed by atoms with Crippen LogP contribution in [0.25, 0.3) is 43.4 Å². The summed E-state index contributed by atoms with van der Waals surface area (Å²) in [7, 11) is 0. The van der Waals surface area contributed by atoms with Crippen LogP contribution in [0.15, 0.2) is 97.0 Å². The lowest BCUT2D eigenvalue weighted by Crippen LogP contribution is -1.86. The van der Waals surface area contributed by atoms with Crippen molar-refractivity contribution in [1.82, 2.24) is 0 Å². The zero-order valence-corrected chi connectivity index (χ0v) is 13.2. The molecule has 5 aromatic rings. The fraction of sp³-hybridized carbons (Fsp3) is 0. The van der Waals surface area contributed by atoms with Crippen molar-refractivity contribution in [3.63, 3.8) is 0 Å². The zero-order chi connectivity index (χ0) is 16.8. The normalized spacial score (nSPS) is 11.9. The van der Waals surface area contributed by atoms with Crippen molar-refractivity contribution in [3.8, 4) is 11.1 Å². The maximum absolute atomic E-state index is 7.81. The molecular formula is C24H16. The van der Waals surface area contributed by atoms with Crippen LogP contribution < -0.4 is 0 Å². The molecule has 0 aliphatic carbocycles. The summed E-state index contributed by atoms with van der Waals surface area (Å²) in [5, 5.41) is 7.36. The Morgan fingerprint density at radius 1 is 0.500 bits per heavy atom. The topological polar surface area (TPSA) is 0 Å². The molecule has 0 aliphatic rings. The average Bonchev–Trinajstić information content (AvgIpc) is 2.65. The van der Waals surface area contributed by atoms with Gasteiger partial charge in [-0.1, -0.05) is 84.9 Å². The van der Waals surface area contributed by atoms with E-state index in [0.29, 0.717) is 6.04 Å². The van der Waals surface area contributed by atoms with E-state index < -0.39 is 0 Å². The van der Waals surface area contributed by atoms with E-state index >= 15 is 0 Å². The lowest BCUT2D eigenvalue weighted by molar-refractivity contribution is 1.70. The maximum Gasteiger partial charge on any atom is 0.0623 e. The van der Waals surface area contributed by atoms with Gasteiger partial charge in [0, 0.05) is 0 Å². The fourth-order valence-corrected chi connectivity index (χ4v) is 3.61. The summed E-state index contributed by atoms with van der Waals surface area (Å²) in [4.78, 5) is 0. The van der Waals surface area contributed by atoms with Crippen molar-refractivity contribution in [3.05, 3.63) is 97.0 Å². The second kappa shape index (κ2) is 5.21. The Labute approximate surface area is 142 Å². The van der Waals surface area contributed by atoms with Crippen molar-refractivity contribution < 1.29 is 1.37 Å². The Balaban J connectivity index is 1.91. The van der Waals surface area contributed by atoms with Crippen molar-refractivity contribution in [1.29, 1.82) is 0 Å². The van der Waals surface area contributed by atoms with E-state index in [1.807, 2.05) is 18.2 Å². The van der Waals surface area contributed by atoms with Gasteiger partial charge in [-0.3, -0.25) is 0 Å². The summed E-state index contributed by atoms with van der Waals surface area (Å²) in [5.41, 5.74) is 2.50. The third kappa shape index (κ3) is 2.00. The Hall–Kier alpha value is -3.12. The zero-order valence-electron chi connectivity index (χ0n) is 14.2. The molecule has 0 atom stereocenters. The van der Waals surface area contributed by atoms with Gasteiger partial charge in [0.1, 0.15) is 0 Å². The van der Waals surface area contributed by atoms with Gasteiger partial charge < -0.3 is 0 Å². The van der Waals surface area contributed by atoms with Gasteiger partial charge in [-0.05, 0) is 55.6 Å². The highest BCUT2D eigenvalue weighted by atomic mass is 14.1. The molecule has 0 heteroatoms. The van der Waals surface area contributed by atoms with E-state index in [2.05, 4.69) is 72.8 Å². The summed E-state index contributed by atoms with van der Waals surface area (Å²) in [6.07, 6.45) is 0. The molecule has 0 amide bonds. The number of benzene rings is 5. The second-order valence-corrected chi connectivity index (χ2v) is 6.18. The van der Waals surface area contributed by atoms with E-state index in [1.54, 1.807) is 0 Å². The quantitative estimate of drug-likeness (QED) is 0.298. The van der Waals surface area contributed by atoms with Crippen LogP contribution in [0.4, 0.5) is 0 Å². The molecule has 0 aromatic heterocycles. The SMILES string of the molecule is [2H]c1ccc2cc(-c3c4ccccc4cc4ccccc34)ccc2c1. The summed E-state index contributed by atoms with van der Waals surface area (Å²) in [6, 6.07) is 32.3. The summed E-state index contributed by atoms with van der Waals surface area (Å²) in [6.45, 7) is 0. The van der Waals surface area contributed by atoms with E-state index in [9.17, 15) is 0 Å². The third-order valence-corrected chi connectivity index (χ3v) is 4.74. The second-order valence-electron chi connectivity index (χ2n) is 6.18. The first kappa shape index (κ1) is 12.3. The summed E-state index contributed by atoms with van der Waals surface area (Å²) < 4.78 is 7.81. The molecule has 0 spiro atoms. The minimum absolute atomic E-state index is 0.552. The van der Waals surface area contributed by atoms with Crippen LogP contribution in [-0.4, -0.2) is 0 Å². The first-order valence-corrected chi connectivity index (χ1v) is 8.21. The van der Waals surface area contributed by atoms with Gasteiger partial charge in [0.2, 0.25) is 0 Å². The van der Waals surface area contributed by atoms with Gasteiger partial charge in [-0.15, -0.1) is 0 Å². The van der Waals surface area contributed by atoms with Crippen LogP contribution in [0.1, 0.15) is 1.37 Å². The highest BCUT2D eigenvalue weighted by Gasteiger charge is 2.09. The van der Waals surface area contributed by atoms with Crippen LogP contribution in [0.5, 0.6) is 0 Å². The molecule has 0 aliphatic heterocycles. The minimum atomic E-state index is 0.552. The molecule has 0 saturated carbocycles. The van der Waals surface area contributed by atoms with Crippen molar-refractivity contribution >= 4 is 32.3 Å². The number of rotatable bonds is 1. The van der Waals surface area contributed by atoms with Crippen molar-refractivity contribution in [2.45, 2.75) is 0 Å². The molecule has 0 bridgehead atoms. The molecule has 0 saturated heterocycles. The minimum Gasteiger partial charge on any atom is -0.0616 e. The first-order chi connectivity index (χ1) is 12.3. The van der Waals surface area contributed by atoms with E-state index in [-0.39, 0.29) is 0 Å². The molecule has 0 unspecified atom stereocenters. The molecule has 0 radical (unpaired) electrons. The number of fused-ring (bicyclic) bond motifs is 3. The molecule has 0 N–H and O–H groups in total. The highest BCUT2D eigenvalue weighted by Crippen LogP contribution is 2.37. The molecule has 112 valence electrons. The van der Waals surface area contributed by atoms with Crippen molar-refractivity contribution in [2.75, 3.05) is 0 Å². The highest BCUT2D eigenvalue weighted by molar-refractivity contribution is 6.13. The average molecular weight is 305 g/mol. The Kier molecular flexibility index (Phi) is 2.67. The maximum atomic E-state index is 7.81. The Morgan fingerprint density at radius 3 is 1.92 bits per heavy atom. The van der Waals surface area contributed by atoms with Crippen LogP contribution in [0.2, 0.25) is 0 Å². The first-order valence-electron chi connectivity index (χ1n) is 8.71. The van der Waals surface area contributed by atoms with Gasteiger partial charge in [-0.2, -0.15) is 0 Å². The Bertz CT molecular complexity index is 1200. The molecule has 5 aromatic carbocycles. The lowest BCUT2D eigenvalue weighted by atomic mass is 9.91. The van der Waals surface area contributed by atoms with Gasteiger partial charge >= 0.3 is 0 Å². The molecule has 5 rings (SSSR count). The third-order valence-electron chi connectivity index (χ3n) is 4.74. The number of hydrogen-bond donors (Lipinski definition) is 0. The largest absolute Gasteiger partial charge is 0.0623 e. The van der Waals surface area contributed by atoms with Gasteiger partial charge in [0.25, 0.3) is 0 Å². The van der Waals surface area contributed by atoms with Gasteiger partial charge in [0.15, 0.2) is 0 Å².